The van der Waals surface area contributed by atoms with Crippen LogP contribution in [0.1, 0.15) is 0 Å². The number of rotatable bonds is 6. The second-order valence-electron chi connectivity index (χ2n) is 15.3. The van der Waals surface area contributed by atoms with E-state index in [1.807, 2.05) is 60.7 Å². The summed E-state index contributed by atoms with van der Waals surface area (Å²) < 4.78 is 22.9. The van der Waals surface area contributed by atoms with Crippen molar-refractivity contribution in [3.8, 4) is 17.1 Å². The maximum Gasteiger partial charge on any atom is 0.171 e. The van der Waals surface area contributed by atoms with Crippen molar-refractivity contribution < 1.29 is 4.57 Å². The van der Waals surface area contributed by atoms with Gasteiger partial charge in [-0.25, -0.2) is 0 Å². The Labute approximate surface area is 340 Å². The Balaban J connectivity index is 1.18. The van der Waals surface area contributed by atoms with E-state index in [1.54, 1.807) is 0 Å². The number of hydrogen-bond acceptors (Lipinski definition) is 1. The first-order valence-electron chi connectivity index (χ1n) is 20.0. The average molecular weight is 774 g/mol. The lowest BCUT2D eigenvalue weighted by molar-refractivity contribution is 0.592. The largest absolute Gasteiger partial charge is 0.309 e. The number of benzene rings is 9. The fourth-order valence-electron chi connectivity index (χ4n) is 9.53. The van der Waals surface area contributed by atoms with Gasteiger partial charge in [0.25, 0.3) is 0 Å². The molecule has 9 aromatic carbocycles. The molecule has 0 N–H and O–H groups in total. The summed E-state index contributed by atoms with van der Waals surface area (Å²) in [7, 11) is -3.21. The predicted molar refractivity (Wildman–Crippen MR) is 249 cm³/mol. The fourth-order valence-corrected chi connectivity index (χ4v) is 12.2. The monoisotopic (exact) mass is 773 g/mol. The highest BCUT2D eigenvalue weighted by Crippen LogP contribution is 2.45. The van der Waals surface area contributed by atoms with Gasteiger partial charge in [0.05, 0.1) is 50.2 Å². The maximum absolute atomic E-state index is 15.6. The minimum Gasteiger partial charge on any atom is -0.309 e. The van der Waals surface area contributed by atoms with Crippen molar-refractivity contribution >= 4 is 88.5 Å². The summed E-state index contributed by atoms with van der Waals surface area (Å²) in [4.78, 5) is 0. The van der Waals surface area contributed by atoms with E-state index < -0.39 is 7.14 Å². The van der Waals surface area contributed by atoms with Crippen LogP contribution in [0, 0.1) is 0 Å². The van der Waals surface area contributed by atoms with Gasteiger partial charge >= 0.3 is 0 Å². The fraction of sp³-hybridized carbons (Fsp3) is 0. The van der Waals surface area contributed by atoms with Crippen molar-refractivity contribution in [1.82, 2.24) is 13.7 Å². The molecule has 0 aliphatic carbocycles. The summed E-state index contributed by atoms with van der Waals surface area (Å²) in [5, 5.41) is 9.51. The molecule has 278 valence electrons. The predicted octanol–water partition coefficient (Wildman–Crippen LogP) is 12.6. The molecular formula is C54H36N3OP. The Bertz CT molecular complexity index is 3370. The van der Waals surface area contributed by atoms with Gasteiger partial charge in [-0.15, -0.1) is 0 Å². The van der Waals surface area contributed by atoms with Gasteiger partial charge in [-0.3, -0.25) is 0 Å². The number of hydrogen-bond donors (Lipinski definition) is 0. The van der Waals surface area contributed by atoms with Crippen molar-refractivity contribution in [2.75, 3.05) is 0 Å². The zero-order chi connectivity index (χ0) is 39.1. The molecule has 0 bridgehead atoms. The molecule has 0 fully saturated rings. The van der Waals surface area contributed by atoms with Gasteiger partial charge in [-0.05, 0) is 66.7 Å². The van der Waals surface area contributed by atoms with Crippen LogP contribution in [-0.4, -0.2) is 13.7 Å². The lowest BCUT2D eigenvalue weighted by atomic mass is 10.1. The Morgan fingerprint density at radius 3 is 0.898 bits per heavy atom. The van der Waals surface area contributed by atoms with Crippen LogP contribution in [0.2, 0.25) is 0 Å². The minimum atomic E-state index is -3.21. The van der Waals surface area contributed by atoms with Crippen LogP contribution in [0.5, 0.6) is 0 Å². The highest BCUT2D eigenvalue weighted by Gasteiger charge is 2.30. The van der Waals surface area contributed by atoms with Crippen LogP contribution >= 0.6 is 7.14 Å². The van der Waals surface area contributed by atoms with Crippen molar-refractivity contribution in [1.29, 1.82) is 0 Å². The van der Waals surface area contributed by atoms with Crippen molar-refractivity contribution in [2.24, 2.45) is 0 Å². The lowest BCUT2D eigenvalue weighted by Crippen LogP contribution is -2.24. The van der Waals surface area contributed by atoms with Crippen LogP contribution < -0.4 is 15.9 Å². The molecule has 4 nitrogen and oxygen atoms in total. The molecule has 12 rings (SSSR count). The Hall–Kier alpha value is -7.39. The Morgan fingerprint density at radius 1 is 0.254 bits per heavy atom. The van der Waals surface area contributed by atoms with E-state index in [0.717, 1.165) is 76.8 Å². The first kappa shape index (κ1) is 33.7. The molecule has 0 unspecified atom stereocenters. The number of para-hydroxylation sites is 5. The third-order valence-electron chi connectivity index (χ3n) is 12.1. The third kappa shape index (κ3) is 5.00. The Morgan fingerprint density at radius 2 is 0.542 bits per heavy atom. The lowest BCUT2D eigenvalue weighted by Gasteiger charge is -2.20. The molecule has 0 amide bonds. The molecule has 0 aliphatic heterocycles. The van der Waals surface area contributed by atoms with Gasteiger partial charge < -0.3 is 18.3 Å². The highest BCUT2D eigenvalue weighted by molar-refractivity contribution is 7.85. The second-order valence-corrected chi connectivity index (χ2v) is 18.0. The van der Waals surface area contributed by atoms with Crippen LogP contribution in [0.25, 0.3) is 82.5 Å². The Kier molecular flexibility index (Phi) is 7.47. The summed E-state index contributed by atoms with van der Waals surface area (Å²) in [5.41, 5.74) is 9.93. The molecule has 0 saturated heterocycles. The van der Waals surface area contributed by atoms with Gasteiger partial charge in [-0.2, -0.15) is 0 Å². The van der Waals surface area contributed by atoms with E-state index in [9.17, 15) is 0 Å². The molecular weight excluding hydrogens is 738 g/mol. The van der Waals surface area contributed by atoms with Gasteiger partial charge in [0.1, 0.15) is 0 Å². The van der Waals surface area contributed by atoms with Gasteiger partial charge in [0.2, 0.25) is 0 Å². The molecule has 0 atom stereocenters. The van der Waals surface area contributed by atoms with E-state index in [4.69, 9.17) is 0 Å². The summed E-state index contributed by atoms with van der Waals surface area (Å²) in [6, 6.07) is 76.7. The number of aromatic nitrogens is 3. The SMILES string of the molecule is O=P(c1ccccc1)(c1ccccc1)c1ccc2c(c1)c1ccccc1n2-c1cc(-n2c3ccccc3c3ccccc32)cc(-n2c3ccccc3c3ccccc32)c1. The first-order chi connectivity index (χ1) is 29.2. The number of fused-ring (bicyclic) bond motifs is 9. The van der Waals surface area contributed by atoms with E-state index in [2.05, 4.69) is 171 Å². The van der Waals surface area contributed by atoms with Gasteiger partial charge in [0.15, 0.2) is 7.14 Å². The summed E-state index contributed by atoms with van der Waals surface area (Å²) in [6.07, 6.45) is 0. The van der Waals surface area contributed by atoms with Crippen LogP contribution in [0.3, 0.4) is 0 Å². The average Bonchev–Trinajstić information content (AvgIpc) is 3.95. The molecule has 12 aromatic rings. The normalized spacial score (nSPS) is 12.1. The molecule has 3 heterocycles. The topological polar surface area (TPSA) is 31.9 Å². The van der Waals surface area contributed by atoms with E-state index in [-0.39, 0.29) is 0 Å². The number of nitrogens with zero attached hydrogens (tertiary/aromatic N) is 3. The first-order valence-corrected chi connectivity index (χ1v) is 21.8. The molecule has 59 heavy (non-hydrogen) atoms. The zero-order valence-corrected chi connectivity index (χ0v) is 32.9. The van der Waals surface area contributed by atoms with Crippen LogP contribution in [0.4, 0.5) is 0 Å². The van der Waals surface area contributed by atoms with Crippen LogP contribution in [-0.2, 0) is 4.57 Å². The summed E-state index contributed by atoms with van der Waals surface area (Å²) in [6.45, 7) is 0. The van der Waals surface area contributed by atoms with Crippen molar-refractivity contribution in [2.45, 2.75) is 0 Å². The minimum absolute atomic E-state index is 0.815. The maximum atomic E-state index is 15.6. The van der Waals surface area contributed by atoms with Gasteiger partial charge in [0, 0.05) is 48.2 Å². The zero-order valence-electron chi connectivity index (χ0n) is 32.0. The third-order valence-corrected chi connectivity index (χ3v) is 15.1. The highest BCUT2D eigenvalue weighted by atomic mass is 31.2. The molecule has 3 aromatic heterocycles. The molecule has 0 spiro atoms. The van der Waals surface area contributed by atoms with Crippen molar-refractivity contribution in [3.63, 3.8) is 0 Å². The van der Waals surface area contributed by atoms with Gasteiger partial charge in [-0.1, -0.05) is 152 Å². The standard InChI is InChI=1S/C54H36N3OP/c58-59(40-17-3-1-4-18-40,41-19-5-2-6-20-41)42-31-32-54-48(36-42)47-25-11-16-30-53(47)57(54)39-34-37(55-49-26-12-7-21-43(49)44-22-8-13-27-50(44)55)33-38(35-39)56-51-28-14-9-23-45(51)46-24-10-15-29-52(46)56/h1-36H. The van der Waals surface area contributed by atoms with E-state index >= 15 is 4.57 Å². The van der Waals surface area contributed by atoms with Crippen LogP contribution in [0.15, 0.2) is 218 Å². The molecule has 0 aliphatic rings. The molecule has 0 saturated carbocycles. The molecule has 0 radical (unpaired) electrons. The molecule has 5 heteroatoms. The van der Waals surface area contributed by atoms with E-state index in [1.165, 1.54) is 21.5 Å². The second kappa shape index (κ2) is 13.1. The van der Waals surface area contributed by atoms with E-state index in [0.29, 0.717) is 0 Å². The smallest absolute Gasteiger partial charge is 0.171 e. The summed E-state index contributed by atoms with van der Waals surface area (Å²) >= 11 is 0. The van der Waals surface area contributed by atoms with Crippen molar-refractivity contribution in [3.05, 3.63) is 218 Å². The quantitative estimate of drug-likeness (QED) is 0.155. The summed E-state index contributed by atoms with van der Waals surface area (Å²) in [5.74, 6) is 0.